The second-order valence-corrected chi connectivity index (χ2v) is 1.05. The fourth-order valence-corrected chi connectivity index (χ4v) is 0.176. The quantitative estimate of drug-likeness (QED) is 0.373. The summed E-state index contributed by atoms with van der Waals surface area (Å²) in [5.74, 6) is -0.511. The molecule has 0 aliphatic rings. The van der Waals surface area contributed by atoms with Gasteiger partial charge >= 0.3 is 14.7 Å². The Balaban J connectivity index is 0. The standard InChI is InChI=1S/C2H4O3P.Na/c1-2(3)5-6-4;/h6H,1H3;/q+1;. The average Bonchev–Trinajstić information content (AvgIpc) is 1.35. The van der Waals surface area contributed by atoms with E-state index in [9.17, 15) is 9.36 Å². The van der Waals surface area contributed by atoms with E-state index in [0.717, 1.165) is 0 Å². The van der Waals surface area contributed by atoms with Gasteiger partial charge in [-0.3, -0.25) is 0 Å². The third kappa shape index (κ3) is 10.8. The molecular weight excluding hydrogens is 126 g/mol. The van der Waals surface area contributed by atoms with Crippen LogP contribution < -0.4 is 0 Å². The Bertz CT molecular complexity index is 73.3. The van der Waals surface area contributed by atoms with Crippen molar-refractivity contribution in [2.24, 2.45) is 0 Å². The summed E-state index contributed by atoms with van der Waals surface area (Å²) in [4.78, 5) is 9.63. The first-order valence-electron chi connectivity index (χ1n) is 1.32. The van der Waals surface area contributed by atoms with Crippen LogP contribution in [0.5, 0.6) is 0 Å². The first-order valence-corrected chi connectivity index (χ1v) is 2.13. The van der Waals surface area contributed by atoms with Gasteiger partial charge in [0.15, 0.2) is 0 Å². The molecule has 0 amide bonds. The molecule has 0 bridgehead atoms. The van der Waals surface area contributed by atoms with E-state index in [4.69, 9.17) is 0 Å². The van der Waals surface area contributed by atoms with Crippen LogP contribution in [0.15, 0.2) is 0 Å². The van der Waals surface area contributed by atoms with Crippen molar-refractivity contribution in [2.45, 2.75) is 6.92 Å². The monoisotopic (exact) mass is 130 g/mol. The minimum atomic E-state index is -0.961. The smallest absolute Gasteiger partial charge is 0.247 e. The van der Waals surface area contributed by atoms with Crippen molar-refractivity contribution in [3.05, 3.63) is 0 Å². The minimum Gasteiger partial charge on any atom is -0.247 e. The predicted octanol–water partition coefficient (Wildman–Crippen LogP) is 0.108. The number of carbonyl (C=O) groups excluding carboxylic acids is 1. The van der Waals surface area contributed by atoms with E-state index in [0.29, 0.717) is 0 Å². The van der Waals surface area contributed by atoms with Crippen LogP contribution in [0, 0.1) is 0 Å². The number of carbonyl (C=O) groups is 1. The van der Waals surface area contributed by atoms with Crippen LogP contribution in [-0.4, -0.2) is 35.5 Å². The van der Waals surface area contributed by atoms with E-state index in [-0.39, 0.29) is 29.6 Å². The summed E-state index contributed by atoms with van der Waals surface area (Å²) >= 11 is 0. The SMILES string of the molecule is CC(=O)O[PH+]=O.[Na]. The van der Waals surface area contributed by atoms with Crippen LogP contribution in [0.3, 0.4) is 0 Å². The summed E-state index contributed by atoms with van der Waals surface area (Å²) in [5, 5.41) is 0. The maximum Gasteiger partial charge on any atom is 0.545 e. The van der Waals surface area contributed by atoms with E-state index in [1.54, 1.807) is 0 Å². The van der Waals surface area contributed by atoms with Gasteiger partial charge in [0.25, 0.3) is 0 Å². The van der Waals surface area contributed by atoms with Crippen molar-refractivity contribution in [1.29, 1.82) is 0 Å². The fourth-order valence-electron chi connectivity index (χ4n) is 0.0587. The molecule has 0 saturated heterocycles. The predicted molar refractivity (Wildman–Crippen MR) is 26.5 cm³/mol. The van der Waals surface area contributed by atoms with Crippen molar-refractivity contribution >= 4 is 44.2 Å². The maximum absolute atomic E-state index is 9.63. The molecule has 0 aromatic heterocycles. The van der Waals surface area contributed by atoms with Crippen LogP contribution in [0.1, 0.15) is 6.92 Å². The summed E-state index contributed by atoms with van der Waals surface area (Å²) in [6, 6.07) is 0. The number of hydrogen-bond acceptors (Lipinski definition) is 3. The molecular formula is C2H4NaO3P+. The first-order chi connectivity index (χ1) is 2.77. The van der Waals surface area contributed by atoms with Crippen molar-refractivity contribution in [3.63, 3.8) is 0 Å². The van der Waals surface area contributed by atoms with E-state index in [1.807, 2.05) is 0 Å². The first kappa shape index (κ1) is 10.5. The van der Waals surface area contributed by atoms with Crippen LogP contribution in [0.4, 0.5) is 0 Å². The zero-order valence-electron chi connectivity index (χ0n) is 4.22. The Labute approximate surface area is 65.0 Å². The minimum absolute atomic E-state index is 0. The van der Waals surface area contributed by atoms with E-state index in [1.165, 1.54) is 6.92 Å². The van der Waals surface area contributed by atoms with Gasteiger partial charge < -0.3 is 0 Å². The van der Waals surface area contributed by atoms with E-state index in [2.05, 4.69) is 4.52 Å². The number of rotatable bonds is 1. The summed E-state index contributed by atoms with van der Waals surface area (Å²) in [6.45, 7) is 1.20. The van der Waals surface area contributed by atoms with Gasteiger partial charge in [-0.25, -0.2) is 9.32 Å². The van der Waals surface area contributed by atoms with E-state index < -0.39 is 14.7 Å². The van der Waals surface area contributed by atoms with Gasteiger partial charge in [-0.15, -0.1) is 0 Å². The summed E-state index contributed by atoms with van der Waals surface area (Å²) in [5.41, 5.74) is 0. The van der Waals surface area contributed by atoms with Gasteiger partial charge in [0.2, 0.25) is 0 Å². The van der Waals surface area contributed by atoms with Crippen LogP contribution >= 0.6 is 8.69 Å². The molecule has 35 valence electrons. The molecule has 0 aromatic carbocycles. The molecule has 0 heterocycles. The number of hydrogen-bond donors (Lipinski definition) is 0. The summed E-state index contributed by atoms with van der Waals surface area (Å²) < 4.78 is 13.2. The van der Waals surface area contributed by atoms with Gasteiger partial charge in [-0.05, 0) is 4.57 Å². The molecule has 0 N–H and O–H groups in total. The topological polar surface area (TPSA) is 43.4 Å². The van der Waals surface area contributed by atoms with Gasteiger partial charge in [-0.1, -0.05) is 0 Å². The molecule has 0 saturated carbocycles. The van der Waals surface area contributed by atoms with Crippen molar-refractivity contribution in [2.75, 3.05) is 0 Å². The molecule has 0 spiro atoms. The molecule has 7 heavy (non-hydrogen) atoms. The Hall–Kier alpha value is 0.570. The van der Waals surface area contributed by atoms with Crippen molar-refractivity contribution < 1.29 is 13.9 Å². The molecule has 0 rings (SSSR count). The molecule has 1 atom stereocenters. The third-order valence-electron chi connectivity index (χ3n) is 0.185. The molecule has 0 aliphatic heterocycles. The Morgan fingerprint density at radius 2 is 2.14 bits per heavy atom. The Kier molecular flexibility index (Phi) is 9.89. The largest absolute Gasteiger partial charge is 0.545 e. The molecule has 1 radical (unpaired) electrons. The average molecular weight is 130 g/mol. The second-order valence-electron chi connectivity index (χ2n) is 0.677. The zero-order valence-corrected chi connectivity index (χ0v) is 7.22. The van der Waals surface area contributed by atoms with Crippen molar-refractivity contribution in [1.82, 2.24) is 0 Å². The van der Waals surface area contributed by atoms with Gasteiger partial charge in [0.1, 0.15) is 0 Å². The van der Waals surface area contributed by atoms with Crippen LogP contribution in [-0.2, 0) is 13.9 Å². The Morgan fingerprint density at radius 1 is 1.71 bits per heavy atom. The fraction of sp³-hybridized carbons (Fsp3) is 0.500. The molecule has 1 unspecified atom stereocenters. The summed E-state index contributed by atoms with van der Waals surface area (Å²) in [7, 11) is -0.961. The Morgan fingerprint density at radius 3 is 2.14 bits per heavy atom. The second kappa shape index (κ2) is 6.57. The van der Waals surface area contributed by atoms with Gasteiger partial charge in [0.05, 0.1) is 0 Å². The van der Waals surface area contributed by atoms with Crippen molar-refractivity contribution in [3.8, 4) is 0 Å². The van der Waals surface area contributed by atoms with E-state index >= 15 is 0 Å². The molecule has 3 nitrogen and oxygen atoms in total. The third-order valence-corrected chi connectivity index (χ3v) is 0.556. The molecule has 0 aromatic rings. The normalized spacial score (nSPS) is 7.00. The van der Waals surface area contributed by atoms with Crippen LogP contribution in [0.25, 0.3) is 0 Å². The molecule has 0 aliphatic carbocycles. The maximum atomic E-state index is 9.63. The van der Waals surface area contributed by atoms with Gasteiger partial charge in [0, 0.05) is 36.5 Å². The van der Waals surface area contributed by atoms with Crippen LogP contribution in [0.2, 0.25) is 0 Å². The van der Waals surface area contributed by atoms with Gasteiger partial charge in [-0.2, -0.15) is 0 Å². The summed E-state index contributed by atoms with van der Waals surface area (Å²) in [6.07, 6.45) is 0. The molecule has 0 fully saturated rings. The zero-order chi connectivity index (χ0) is 4.99. The molecule has 5 heteroatoms.